The first kappa shape index (κ1) is 15.9. The number of carbonyl (C=O) groups is 2. The van der Waals surface area contributed by atoms with E-state index in [0.29, 0.717) is 6.42 Å². The minimum atomic E-state index is -1.72. The Balaban J connectivity index is 2.94. The summed E-state index contributed by atoms with van der Waals surface area (Å²) >= 11 is 0. The second-order valence-electron chi connectivity index (χ2n) is 5.16. The summed E-state index contributed by atoms with van der Waals surface area (Å²) in [5.41, 5.74) is 0. The van der Waals surface area contributed by atoms with E-state index in [4.69, 9.17) is 0 Å². The predicted octanol–water partition coefficient (Wildman–Crippen LogP) is -1.50. The molecule has 0 aromatic rings. The minimum absolute atomic E-state index is 0.123. The third-order valence-corrected chi connectivity index (χ3v) is 3.18. The summed E-state index contributed by atoms with van der Waals surface area (Å²) in [6.45, 7) is 3.56. The molecule has 0 bridgehead atoms. The molecule has 1 aliphatic heterocycles. The average Bonchev–Trinajstić information content (AvgIpc) is 2.37. The number of β-amino-alcohol motifs (C(OH)–C–C–N with tert-alkyl or cyclic N) is 1. The molecule has 1 saturated heterocycles. The normalized spacial score (nSPS) is 29.5. The van der Waals surface area contributed by atoms with E-state index in [1.54, 1.807) is 0 Å². The van der Waals surface area contributed by atoms with E-state index in [0.717, 1.165) is 4.90 Å². The molecule has 1 rings (SSSR count). The molecule has 3 N–H and O–H groups in total. The lowest BCUT2D eigenvalue weighted by Crippen LogP contribution is -2.62. The van der Waals surface area contributed by atoms with Crippen molar-refractivity contribution in [2.75, 3.05) is 13.7 Å². The number of aliphatic hydroxyl groups is 3. The Labute approximate surface area is 111 Å². The highest BCUT2D eigenvalue weighted by atomic mass is 16.5. The zero-order valence-corrected chi connectivity index (χ0v) is 11.3. The Morgan fingerprint density at radius 3 is 2.47 bits per heavy atom. The molecule has 1 amide bonds. The molecule has 0 unspecified atom stereocenters. The van der Waals surface area contributed by atoms with Gasteiger partial charge in [-0.2, -0.15) is 0 Å². The fourth-order valence-electron chi connectivity index (χ4n) is 2.14. The zero-order chi connectivity index (χ0) is 14.7. The molecule has 19 heavy (non-hydrogen) atoms. The van der Waals surface area contributed by atoms with Gasteiger partial charge < -0.3 is 25.0 Å². The van der Waals surface area contributed by atoms with E-state index in [9.17, 15) is 24.9 Å². The van der Waals surface area contributed by atoms with E-state index in [-0.39, 0.29) is 12.5 Å². The lowest BCUT2D eigenvalue weighted by Gasteiger charge is -2.40. The van der Waals surface area contributed by atoms with E-state index in [1.807, 2.05) is 13.8 Å². The van der Waals surface area contributed by atoms with Crippen LogP contribution in [0.5, 0.6) is 0 Å². The van der Waals surface area contributed by atoms with Gasteiger partial charge in [0.2, 0.25) is 0 Å². The smallest absolute Gasteiger partial charge is 0.328 e. The summed E-state index contributed by atoms with van der Waals surface area (Å²) in [6, 6.07) is -0.866. The van der Waals surface area contributed by atoms with Crippen LogP contribution >= 0.6 is 0 Å². The van der Waals surface area contributed by atoms with Gasteiger partial charge in [0.15, 0.2) is 6.10 Å². The number of amides is 1. The van der Waals surface area contributed by atoms with Crippen LogP contribution in [0.25, 0.3) is 0 Å². The van der Waals surface area contributed by atoms with Gasteiger partial charge in [-0.15, -0.1) is 0 Å². The number of methoxy groups -OCH3 is 1. The molecule has 0 radical (unpaired) electrons. The first-order valence-electron chi connectivity index (χ1n) is 6.22. The fraction of sp³-hybridized carbons (Fsp3) is 0.833. The molecule has 1 fully saturated rings. The number of hydrogen-bond donors (Lipinski definition) is 3. The number of hydrogen-bond acceptors (Lipinski definition) is 6. The Morgan fingerprint density at radius 1 is 1.42 bits per heavy atom. The van der Waals surface area contributed by atoms with Crippen LogP contribution in [0.4, 0.5) is 0 Å². The molecule has 0 aromatic heterocycles. The second-order valence-corrected chi connectivity index (χ2v) is 5.16. The first-order valence-corrected chi connectivity index (χ1v) is 6.22. The van der Waals surface area contributed by atoms with Crippen LogP contribution in [0.2, 0.25) is 0 Å². The van der Waals surface area contributed by atoms with Gasteiger partial charge in [0.25, 0.3) is 5.91 Å². The van der Waals surface area contributed by atoms with Crippen LogP contribution in [0.15, 0.2) is 0 Å². The summed E-state index contributed by atoms with van der Waals surface area (Å²) in [4.78, 5) is 24.7. The molecule has 0 aliphatic carbocycles. The monoisotopic (exact) mass is 275 g/mol. The number of carbonyl (C=O) groups excluding carboxylic acids is 2. The maximum atomic E-state index is 11.9. The molecular formula is C12H21NO6. The highest BCUT2D eigenvalue weighted by Crippen LogP contribution is 2.21. The average molecular weight is 275 g/mol. The van der Waals surface area contributed by atoms with E-state index in [1.165, 1.54) is 7.11 Å². The van der Waals surface area contributed by atoms with Crippen molar-refractivity contribution in [3.63, 3.8) is 0 Å². The van der Waals surface area contributed by atoms with Crippen LogP contribution in [-0.2, 0) is 14.3 Å². The van der Waals surface area contributed by atoms with Crippen molar-refractivity contribution < 1.29 is 29.6 Å². The van der Waals surface area contributed by atoms with E-state index >= 15 is 0 Å². The van der Waals surface area contributed by atoms with Crippen LogP contribution in [0, 0.1) is 5.92 Å². The van der Waals surface area contributed by atoms with Gasteiger partial charge in [-0.05, 0) is 12.3 Å². The standard InChI is InChI=1S/C12H21NO6/c1-6(2)4-7(12(18)19-3)13-5-8(14)9(15)10(16)11(13)17/h6-10,14-16H,4-5H2,1-3H3/t7-,8+,9+,10+/m0/s1. The largest absolute Gasteiger partial charge is 0.467 e. The topological polar surface area (TPSA) is 107 Å². The zero-order valence-electron chi connectivity index (χ0n) is 11.3. The molecule has 7 nitrogen and oxygen atoms in total. The lowest BCUT2D eigenvalue weighted by atomic mass is 9.95. The third kappa shape index (κ3) is 3.43. The summed E-state index contributed by atoms with van der Waals surface area (Å²) in [7, 11) is 1.21. The van der Waals surface area contributed by atoms with Crippen molar-refractivity contribution >= 4 is 11.9 Å². The molecule has 1 heterocycles. The highest BCUT2D eigenvalue weighted by molar-refractivity contribution is 5.88. The van der Waals surface area contributed by atoms with Gasteiger partial charge in [0, 0.05) is 0 Å². The van der Waals surface area contributed by atoms with Gasteiger partial charge in [-0.3, -0.25) is 4.79 Å². The maximum Gasteiger partial charge on any atom is 0.328 e. The molecule has 0 aromatic carbocycles. The summed E-state index contributed by atoms with van der Waals surface area (Å²) < 4.78 is 4.65. The Morgan fingerprint density at radius 2 is 2.00 bits per heavy atom. The van der Waals surface area contributed by atoms with Gasteiger partial charge in [0.1, 0.15) is 18.2 Å². The van der Waals surface area contributed by atoms with Gasteiger partial charge in [0.05, 0.1) is 13.7 Å². The van der Waals surface area contributed by atoms with E-state index in [2.05, 4.69) is 4.74 Å². The number of esters is 1. The number of rotatable bonds is 4. The quantitative estimate of drug-likeness (QED) is 0.539. The SMILES string of the molecule is COC(=O)[C@H](CC(C)C)N1C[C@@H](O)[C@@H](O)[C@@H](O)C1=O. The first-order chi connectivity index (χ1) is 8.79. The van der Waals surface area contributed by atoms with Crippen molar-refractivity contribution in [1.82, 2.24) is 4.90 Å². The Bertz CT molecular complexity index is 345. The van der Waals surface area contributed by atoms with Crippen molar-refractivity contribution in [2.45, 2.75) is 44.6 Å². The molecule has 0 saturated carbocycles. The predicted molar refractivity (Wildman–Crippen MR) is 65.0 cm³/mol. The number of aliphatic hydroxyl groups excluding tert-OH is 3. The molecule has 110 valence electrons. The minimum Gasteiger partial charge on any atom is -0.467 e. The molecule has 7 heteroatoms. The van der Waals surface area contributed by atoms with Crippen LogP contribution < -0.4 is 0 Å². The molecule has 1 aliphatic rings. The Kier molecular flexibility index (Phi) is 5.28. The van der Waals surface area contributed by atoms with Crippen LogP contribution in [-0.4, -0.2) is 70.1 Å². The van der Waals surface area contributed by atoms with Crippen LogP contribution in [0.3, 0.4) is 0 Å². The van der Waals surface area contributed by atoms with Gasteiger partial charge in [-0.1, -0.05) is 13.8 Å². The van der Waals surface area contributed by atoms with Crippen molar-refractivity contribution in [1.29, 1.82) is 0 Å². The molecule has 4 atom stereocenters. The summed E-state index contributed by atoms with van der Waals surface area (Å²) in [5, 5.41) is 28.6. The summed E-state index contributed by atoms with van der Waals surface area (Å²) in [6.07, 6.45) is -4.18. The third-order valence-electron chi connectivity index (χ3n) is 3.18. The van der Waals surface area contributed by atoms with Crippen molar-refractivity contribution in [2.24, 2.45) is 5.92 Å². The lowest BCUT2D eigenvalue weighted by molar-refractivity contribution is -0.176. The second kappa shape index (κ2) is 6.31. The van der Waals surface area contributed by atoms with Gasteiger partial charge in [-0.25, -0.2) is 4.79 Å². The highest BCUT2D eigenvalue weighted by Gasteiger charge is 2.44. The molecular weight excluding hydrogens is 254 g/mol. The number of ether oxygens (including phenoxy) is 1. The fourth-order valence-corrected chi connectivity index (χ4v) is 2.14. The number of likely N-dealkylation sites (tertiary alicyclic amines) is 1. The maximum absolute atomic E-state index is 11.9. The van der Waals surface area contributed by atoms with Crippen LogP contribution in [0.1, 0.15) is 20.3 Å². The Hall–Kier alpha value is -1.18. The van der Waals surface area contributed by atoms with Crippen molar-refractivity contribution in [3.8, 4) is 0 Å². The number of piperidine rings is 1. The van der Waals surface area contributed by atoms with Gasteiger partial charge >= 0.3 is 5.97 Å². The van der Waals surface area contributed by atoms with E-state index < -0.39 is 36.2 Å². The summed E-state index contributed by atoms with van der Waals surface area (Å²) in [5.74, 6) is -1.25. The number of nitrogens with zero attached hydrogens (tertiary/aromatic N) is 1. The molecule has 0 spiro atoms. The van der Waals surface area contributed by atoms with Crippen molar-refractivity contribution in [3.05, 3.63) is 0 Å².